The molecule has 0 aliphatic rings. The minimum absolute atomic E-state index is 0.365. The lowest BCUT2D eigenvalue weighted by molar-refractivity contribution is -0.148. The molecule has 0 aromatic heterocycles. The van der Waals surface area contributed by atoms with Gasteiger partial charge in [0, 0.05) is 6.08 Å². The number of hydrogen-bond acceptors (Lipinski definition) is 3. The number of carbonyl (C=O) groups is 1. The summed E-state index contributed by atoms with van der Waals surface area (Å²) in [6.07, 6.45) is 2.93. The Labute approximate surface area is 112 Å². The minimum atomic E-state index is -0.510. The lowest BCUT2D eigenvalue weighted by atomic mass is 10.1. The van der Waals surface area contributed by atoms with Crippen molar-refractivity contribution in [1.29, 1.82) is 5.26 Å². The van der Waals surface area contributed by atoms with Crippen LogP contribution >= 0.6 is 11.6 Å². The molecule has 0 heterocycles. The van der Waals surface area contributed by atoms with E-state index in [1.807, 2.05) is 6.07 Å². The van der Waals surface area contributed by atoms with Crippen LogP contribution in [0.1, 0.15) is 31.9 Å². The zero-order valence-electron chi connectivity index (χ0n) is 10.5. The standard InChI is InChI=1S/C14H14ClNO2/c1-14(2,3)18-13(17)7-5-10-4-6-11(9-16)12(15)8-10/h4-8H,1-3H3/b7-5+. The van der Waals surface area contributed by atoms with Crippen LogP contribution in [0, 0.1) is 11.3 Å². The summed E-state index contributed by atoms with van der Waals surface area (Å²) in [5.74, 6) is -0.414. The highest BCUT2D eigenvalue weighted by atomic mass is 35.5. The van der Waals surface area contributed by atoms with Crippen molar-refractivity contribution in [2.75, 3.05) is 0 Å². The number of benzene rings is 1. The maximum Gasteiger partial charge on any atom is 0.331 e. The van der Waals surface area contributed by atoms with Gasteiger partial charge in [0.05, 0.1) is 10.6 Å². The van der Waals surface area contributed by atoms with Gasteiger partial charge < -0.3 is 4.74 Å². The average Bonchev–Trinajstić information content (AvgIpc) is 2.24. The van der Waals surface area contributed by atoms with Gasteiger partial charge in [-0.2, -0.15) is 5.26 Å². The van der Waals surface area contributed by atoms with E-state index in [1.54, 1.807) is 45.0 Å². The Bertz CT molecular complexity index is 522. The number of nitriles is 1. The summed E-state index contributed by atoms with van der Waals surface area (Å²) in [6.45, 7) is 5.41. The van der Waals surface area contributed by atoms with E-state index in [4.69, 9.17) is 21.6 Å². The van der Waals surface area contributed by atoms with Gasteiger partial charge in [-0.25, -0.2) is 4.79 Å². The highest BCUT2D eigenvalue weighted by Crippen LogP contribution is 2.18. The van der Waals surface area contributed by atoms with Crippen molar-refractivity contribution >= 4 is 23.6 Å². The third-order valence-electron chi connectivity index (χ3n) is 1.93. The van der Waals surface area contributed by atoms with Crippen molar-refractivity contribution in [3.05, 3.63) is 40.4 Å². The molecular formula is C14H14ClNO2. The third-order valence-corrected chi connectivity index (χ3v) is 2.24. The number of ether oxygens (including phenoxy) is 1. The zero-order valence-corrected chi connectivity index (χ0v) is 11.3. The van der Waals surface area contributed by atoms with Gasteiger partial charge in [0.25, 0.3) is 0 Å². The Balaban J connectivity index is 2.77. The number of rotatable bonds is 2. The van der Waals surface area contributed by atoms with E-state index in [2.05, 4.69) is 0 Å². The zero-order chi connectivity index (χ0) is 13.8. The van der Waals surface area contributed by atoms with Crippen molar-refractivity contribution in [2.45, 2.75) is 26.4 Å². The predicted octanol–water partition coefficient (Wildman–Crippen LogP) is 3.57. The van der Waals surface area contributed by atoms with E-state index in [0.717, 1.165) is 5.56 Å². The van der Waals surface area contributed by atoms with Crippen molar-refractivity contribution in [2.24, 2.45) is 0 Å². The van der Waals surface area contributed by atoms with Gasteiger partial charge in [-0.1, -0.05) is 17.7 Å². The first-order valence-electron chi connectivity index (χ1n) is 5.42. The van der Waals surface area contributed by atoms with Crippen LogP contribution in [0.15, 0.2) is 24.3 Å². The van der Waals surface area contributed by atoms with E-state index in [9.17, 15) is 4.79 Å². The molecule has 0 aliphatic heterocycles. The second-order valence-corrected chi connectivity index (χ2v) is 5.13. The Morgan fingerprint density at radius 2 is 2.11 bits per heavy atom. The summed E-state index contributed by atoms with van der Waals surface area (Å²) in [6, 6.07) is 6.92. The molecule has 0 atom stereocenters. The molecule has 0 unspecified atom stereocenters. The molecule has 0 amide bonds. The van der Waals surface area contributed by atoms with Crippen molar-refractivity contribution < 1.29 is 9.53 Å². The highest BCUT2D eigenvalue weighted by Gasteiger charge is 2.13. The van der Waals surface area contributed by atoms with Crippen LogP contribution in [-0.2, 0) is 9.53 Å². The summed E-state index contributed by atoms with van der Waals surface area (Å²) in [5, 5.41) is 9.09. The molecule has 0 radical (unpaired) electrons. The smallest absolute Gasteiger partial charge is 0.331 e. The van der Waals surface area contributed by atoms with Crippen molar-refractivity contribution in [1.82, 2.24) is 0 Å². The Morgan fingerprint density at radius 3 is 2.61 bits per heavy atom. The number of hydrogen-bond donors (Lipinski definition) is 0. The quantitative estimate of drug-likeness (QED) is 0.605. The second kappa shape index (κ2) is 5.70. The second-order valence-electron chi connectivity index (χ2n) is 4.72. The number of carbonyl (C=O) groups excluding carboxylic acids is 1. The van der Waals surface area contributed by atoms with E-state index in [0.29, 0.717) is 10.6 Å². The van der Waals surface area contributed by atoms with Crippen molar-refractivity contribution in [3.63, 3.8) is 0 Å². The van der Waals surface area contributed by atoms with E-state index in [-0.39, 0.29) is 0 Å². The SMILES string of the molecule is CC(C)(C)OC(=O)/C=C/c1ccc(C#N)c(Cl)c1. The fourth-order valence-corrected chi connectivity index (χ4v) is 1.46. The molecule has 0 fully saturated rings. The number of halogens is 1. The largest absolute Gasteiger partial charge is 0.457 e. The van der Waals surface area contributed by atoms with Gasteiger partial charge in [0.1, 0.15) is 11.7 Å². The lowest BCUT2D eigenvalue weighted by Gasteiger charge is -2.17. The molecular weight excluding hydrogens is 250 g/mol. The average molecular weight is 264 g/mol. The van der Waals surface area contributed by atoms with Gasteiger partial charge in [-0.15, -0.1) is 0 Å². The Kier molecular flexibility index (Phi) is 4.52. The van der Waals surface area contributed by atoms with Crippen LogP contribution < -0.4 is 0 Å². The molecule has 3 nitrogen and oxygen atoms in total. The van der Waals surface area contributed by atoms with Gasteiger partial charge in [0.2, 0.25) is 0 Å². The molecule has 0 aliphatic carbocycles. The number of nitrogens with zero attached hydrogens (tertiary/aromatic N) is 1. The fourth-order valence-electron chi connectivity index (χ4n) is 1.23. The maximum absolute atomic E-state index is 11.4. The van der Waals surface area contributed by atoms with Crippen LogP contribution in [0.2, 0.25) is 5.02 Å². The third kappa shape index (κ3) is 4.60. The van der Waals surface area contributed by atoms with Gasteiger partial charge in [-0.05, 0) is 44.5 Å². The van der Waals surface area contributed by atoms with Crippen LogP contribution in [0.4, 0.5) is 0 Å². The molecule has 0 saturated heterocycles. The number of esters is 1. The molecule has 0 spiro atoms. The molecule has 94 valence electrons. The maximum atomic E-state index is 11.4. The van der Waals surface area contributed by atoms with Crippen LogP contribution in [0.5, 0.6) is 0 Å². The Hall–Kier alpha value is -1.79. The summed E-state index contributed by atoms with van der Waals surface area (Å²) in [5.41, 5.74) is 0.639. The van der Waals surface area contributed by atoms with Gasteiger partial charge >= 0.3 is 5.97 Å². The summed E-state index contributed by atoms with van der Waals surface area (Å²) < 4.78 is 5.12. The molecule has 1 rings (SSSR count). The fraction of sp³-hybridized carbons (Fsp3) is 0.286. The molecule has 0 saturated carbocycles. The van der Waals surface area contributed by atoms with E-state index in [1.165, 1.54) is 6.08 Å². The highest BCUT2D eigenvalue weighted by molar-refractivity contribution is 6.31. The van der Waals surface area contributed by atoms with Crippen LogP contribution in [0.25, 0.3) is 6.08 Å². The molecule has 18 heavy (non-hydrogen) atoms. The van der Waals surface area contributed by atoms with Crippen LogP contribution in [-0.4, -0.2) is 11.6 Å². The summed E-state index contributed by atoms with van der Waals surface area (Å²) >= 11 is 5.88. The monoisotopic (exact) mass is 263 g/mol. The first-order valence-corrected chi connectivity index (χ1v) is 5.80. The molecule has 1 aromatic rings. The molecule has 0 bridgehead atoms. The molecule has 1 aromatic carbocycles. The molecule has 0 N–H and O–H groups in total. The Morgan fingerprint density at radius 1 is 1.44 bits per heavy atom. The normalized spacial score (nSPS) is 11.3. The minimum Gasteiger partial charge on any atom is -0.457 e. The predicted molar refractivity (Wildman–Crippen MR) is 71.0 cm³/mol. The van der Waals surface area contributed by atoms with Gasteiger partial charge in [0.15, 0.2) is 0 Å². The summed E-state index contributed by atoms with van der Waals surface area (Å²) in [4.78, 5) is 11.4. The first kappa shape index (κ1) is 14.3. The van der Waals surface area contributed by atoms with Gasteiger partial charge in [-0.3, -0.25) is 0 Å². The first-order chi connectivity index (χ1) is 8.31. The van der Waals surface area contributed by atoms with Crippen LogP contribution in [0.3, 0.4) is 0 Å². The molecule has 4 heteroatoms. The summed E-state index contributed by atoms with van der Waals surface area (Å²) in [7, 11) is 0. The lowest BCUT2D eigenvalue weighted by Crippen LogP contribution is -2.22. The topological polar surface area (TPSA) is 50.1 Å². The van der Waals surface area contributed by atoms with E-state index < -0.39 is 11.6 Å². The van der Waals surface area contributed by atoms with E-state index >= 15 is 0 Å². The van der Waals surface area contributed by atoms with Crippen molar-refractivity contribution in [3.8, 4) is 6.07 Å².